The van der Waals surface area contributed by atoms with Gasteiger partial charge in [-0.1, -0.05) is 119 Å². The number of carbonyl (C=O) groups is 1. The molecule has 0 spiro atoms. The lowest BCUT2D eigenvalue weighted by molar-refractivity contribution is -0.130. The number of amides is 1. The Hall–Kier alpha value is -0.830. The molecular weight excluding hydrogens is 428 g/mol. The maximum atomic E-state index is 13.6. The molecule has 1 aliphatic rings. The van der Waals surface area contributed by atoms with Gasteiger partial charge in [0.25, 0.3) is 0 Å². The van der Waals surface area contributed by atoms with E-state index in [-0.39, 0.29) is 10.8 Å². The largest absolute Gasteiger partial charge is 0.314 e. The third-order valence-corrected chi connectivity index (χ3v) is 8.52. The zero-order chi connectivity index (χ0) is 26.3. The van der Waals surface area contributed by atoms with E-state index < -0.39 is 0 Å². The highest BCUT2D eigenvalue weighted by Gasteiger charge is 2.44. The molecule has 3 nitrogen and oxygen atoms in total. The van der Waals surface area contributed by atoms with Crippen molar-refractivity contribution in [2.45, 2.75) is 151 Å². The average molecular weight is 491 g/mol. The molecule has 2 atom stereocenters. The summed E-state index contributed by atoms with van der Waals surface area (Å²) in [6, 6.07) is 0. The third-order valence-electron chi connectivity index (χ3n) is 8.52. The van der Waals surface area contributed by atoms with E-state index in [1.54, 1.807) is 5.57 Å². The summed E-state index contributed by atoms with van der Waals surface area (Å²) < 4.78 is 0. The first kappa shape index (κ1) is 32.2. The van der Waals surface area contributed by atoms with Gasteiger partial charge < -0.3 is 9.80 Å². The van der Waals surface area contributed by atoms with Gasteiger partial charge in [0.1, 0.15) is 0 Å². The van der Waals surface area contributed by atoms with Crippen LogP contribution in [-0.2, 0) is 4.79 Å². The van der Waals surface area contributed by atoms with Crippen molar-refractivity contribution in [2.24, 2.45) is 10.8 Å². The van der Waals surface area contributed by atoms with Crippen LogP contribution in [0.5, 0.6) is 0 Å². The smallest absolute Gasteiger partial charge is 0.240 e. The van der Waals surface area contributed by atoms with Crippen molar-refractivity contribution < 1.29 is 4.79 Å². The van der Waals surface area contributed by atoms with Gasteiger partial charge in [0.15, 0.2) is 0 Å². The molecule has 0 fully saturated rings. The third kappa shape index (κ3) is 10.2. The molecule has 0 saturated carbocycles. The van der Waals surface area contributed by atoms with Gasteiger partial charge in [0, 0.05) is 17.7 Å². The van der Waals surface area contributed by atoms with E-state index in [0.29, 0.717) is 12.5 Å². The minimum absolute atomic E-state index is 0.106. The van der Waals surface area contributed by atoms with Gasteiger partial charge in [-0.3, -0.25) is 4.79 Å². The Morgan fingerprint density at radius 1 is 0.714 bits per heavy atom. The van der Waals surface area contributed by atoms with Gasteiger partial charge >= 0.3 is 0 Å². The summed E-state index contributed by atoms with van der Waals surface area (Å²) in [5.41, 5.74) is 3.45. The fraction of sp³-hybridized carbons (Fsp3) is 0.906. The van der Waals surface area contributed by atoms with Crippen LogP contribution in [0.1, 0.15) is 151 Å². The molecule has 1 rings (SSSR count). The molecule has 1 heterocycles. The zero-order valence-electron chi connectivity index (χ0n) is 25.2. The molecular formula is C32H62N2O. The maximum Gasteiger partial charge on any atom is 0.240 e. The second-order valence-electron chi connectivity index (χ2n) is 12.3. The van der Waals surface area contributed by atoms with E-state index in [9.17, 15) is 4.79 Å². The van der Waals surface area contributed by atoms with Crippen LogP contribution < -0.4 is 0 Å². The van der Waals surface area contributed by atoms with E-state index >= 15 is 0 Å². The molecule has 1 amide bonds. The van der Waals surface area contributed by atoms with Crippen LogP contribution in [0, 0.1) is 10.8 Å². The lowest BCUT2D eigenvalue weighted by Crippen LogP contribution is -2.41. The summed E-state index contributed by atoms with van der Waals surface area (Å²) in [5, 5.41) is 0. The molecule has 0 saturated heterocycles. The van der Waals surface area contributed by atoms with Crippen molar-refractivity contribution in [1.29, 1.82) is 0 Å². The Balaban J connectivity index is 3.54. The van der Waals surface area contributed by atoms with Crippen LogP contribution in [0.4, 0.5) is 0 Å². The molecule has 2 unspecified atom stereocenters. The highest BCUT2D eigenvalue weighted by atomic mass is 16.2. The number of carbonyl (C=O) groups excluding carboxylic acids is 1. The minimum atomic E-state index is 0.106. The second-order valence-corrected chi connectivity index (χ2v) is 12.3. The molecule has 0 bridgehead atoms. The molecule has 0 aliphatic carbocycles. The van der Waals surface area contributed by atoms with Gasteiger partial charge in [-0.2, -0.15) is 0 Å². The molecule has 206 valence electrons. The Kier molecular flexibility index (Phi) is 15.5. The lowest BCUT2D eigenvalue weighted by Gasteiger charge is -2.41. The van der Waals surface area contributed by atoms with Crippen LogP contribution in [-0.4, -0.2) is 42.9 Å². The number of unbranched alkanes of at least 4 members (excludes halogenated alkanes) is 8. The number of hydrogen-bond acceptors (Lipinski definition) is 2. The quantitative estimate of drug-likeness (QED) is 0.159. The van der Waals surface area contributed by atoms with Crippen molar-refractivity contribution >= 4 is 5.91 Å². The predicted molar refractivity (Wildman–Crippen MR) is 155 cm³/mol. The van der Waals surface area contributed by atoms with E-state index in [1.165, 1.54) is 108 Å². The van der Waals surface area contributed by atoms with E-state index in [0.717, 1.165) is 13.0 Å². The highest BCUT2D eigenvalue weighted by Crippen LogP contribution is 2.52. The van der Waals surface area contributed by atoms with E-state index in [2.05, 4.69) is 46.4 Å². The Bertz CT molecular complexity index is 625. The summed E-state index contributed by atoms with van der Waals surface area (Å²) in [7, 11) is 4.05. The van der Waals surface area contributed by atoms with Crippen LogP contribution in [0.3, 0.4) is 0 Å². The van der Waals surface area contributed by atoms with Crippen molar-refractivity contribution in [3.05, 3.63) is 11.3 Å². The molecule has 3 heteroatoms. The van der Waals surface area contributed by atoms with Crippen molar-refractivity contribution in [3.63, 3.8) is 0 Å². The van der Waals surface area contributed by atoms with Crippen molar-refractivity contribution in [2.75, 3.05) is 27.2 Å². The number of allylic oxidation sites excluding steroid dienone is 1. The average Bonchev–Trinajstić information content (AvgIpc) is 3.28. The van der Waals surface area contributed by atoms with Crippen LogP contribution >= 0.6 is 0 Å². The molecule has 0 aromatic heterocycles. The fourth-order valence-corrected chi connectivity index (χ4v) is 6.33. The first-order chi connectivity index (χ1) is 16.7. The van der Waals surface area contributed by atoms with Crippen LogP contribution in [0.25, 0.3) is 0 Å². The Labute approximate surface area is 220 Å². The normalized spacial score (nSPS) is 17.8. The second kappa shape index (κ2) is 16.8. The van der Waals surface area contributed by atoms with E-state index in [4.69, 9.17) is 0 Å². The maximum absolute atomic E-state index is 13.6. The lowest BCUT2D eigenvalue weighted by atomic mass is 9.67. The van der Waals surface area contributed by atoms with Gasteiger partial charge in [-0.25, -0.2) is 0 Å². The summed E-state index contributed by atoms with van der Waals surface area (Å²) in [4.78, 5) is 17.9. The highest BCUT2D eigenvalue weighted by molar-refractivity contribution is 5.81. The molecule has 1 aliphatic heterocycles. The topological polar surface area (TPSA) is 23.6 Å². The first-order valence-electron chi connectivity index (χ1n) is 15.4. The predicted octanol–water partition coefficient (Wildman–Crippen LogP) is 9.37. The summed E-state index contributed by atoms with van der Waals surface area (Å²) >= 11 is 0. The van der Waals surface area contributed by atoms with Gasteiger partial charge in [0.05, 0.1) is 6.54 Å². The monoisotopic (exact) mass is 490 g/mol. The van der Waals surface area contributed by atoms with Crippen molar-refractivity contribution in [3.8, 4) is 0 Å². The van der Waals surface area contributed by atoms with Crippen LogP contribution in [0.2, 0.25) is 0 Å². The SMILES string of the molecule is CCCCCCC(C)(CCCCC)C1=C(C(C)(CCCC)CCCCC)CCN1C(=O)CN(C)C. The number of nitrogens with zero attached hydrogens (tertiary/aromatic N) is 2. The Morgan fingerprint density at radius 3 is 1.69 bits per heavy atom. The van der Waals surface area contributed by atoms with Crippen molar-refractivity contribution in [1.82, 2.24) is 9.80 Å². The molecule has 0 radical (unpaired) electrons. The van der Waals surface area contributed by atoms with Gasteiger partial charge in [-0.15, -0.1) is 0 Å². The molecule has 0 aromatic carbocycles. The summed E-state index contributed by atoms with van der Waals surface area (Å²) in [6.07, 6.45) is 21.5. The van der Waals surface area contributed by atoms with Gasteiger partial charge in [0.2, 0.25) is 5.91 Å². The first-order valence-corrected chi connectivity index (χ1v) is 15.4. The molecule has 0 aromatic rings. The van der Waals surface area contributed by atoms with Gasteiger partial charge in [-0.05, 0) is 57.2 Å². The van der Waals surface area contributed by atoms with E-state index in [1.807, 2.05) is 19.0 Å². The van der Waals surface area contributed by atoms with Crippen LogP contribution in [0.15, 0.2) is 11.3 Å². The summed E-state index contributed by atoms with van der Waals surface area (Å²) in [6.45, 7) is 15.7. The number of rotatable bonds is 20. The zero-order valence-corrected chi connectivity index (χ0v) is 25.2. The Morgan fingerprint density at radius 2 is 1.17 bits per heavy atom. The molecule has 0 N–H and O–H groups in total. The standard InChI is InChI=1S/C32H62N2O/c1-9-13-17-20-25-32(6,24-19-15-11-3)30-28(21-26-34(30)29(35)27-33(7)8)31(5,22-16-12-4)23-18-14-10-2/h9-27H2,1-8H3. The minimum Gasteiger partial charge on any atom is -0.314 e. The fourth-order valence-electron chi connectivity index (χ4n) is 6.33. The number of likely N-dealkylation sites (N-methyl/N-ethyl adjacent to an activating group) is 1. The molecule has 35 heavy (non-hydrogen) atoms. The summed E-state index contributed by atoms with van der Waals surface area (Å²) in [5.74, 6) is 0.307. The number of hydrogen-bond donors (Lipinski definition) is 0.